The van der Waals surface area contributed by atoms with E-state index in [-0.39, 0.29) is 12.0 Å². The van der Waals surface area contributed by atoms with E-state index in [1.807, 2.05) is 0 Å². The second-order valence-electron chi connectivity index (χ2n) is 2.48. The molecular weight excluding hydrogens is 142 g/mol. The number of nitrogens with two attached hydrogens (primary N) is 3. The lowest BCUT2D eigenvalue weighted by Crippen LogP contribution is -2.33. The number of hydrogen-bond acceptors (Lipinski definition) is 3. The van der Waals surface area contributed by atoms with Crippen molar-refractivity contribution in [3.63, 3.8) is 0 Å². The minimum Gasteiger partial charge on any atom is -0.370 e. The molecule has 0 fully saturated rings. The van der Waals surface area contributed by atoms with Gasteiger partial charge in [-0.15, -0.1) is 0 Å². The van der Waals surface area contributed by atoms with Gasteiger partial charge < -0.3 is 22.5 Å². The summed E-state index contributed by atoms with van der Waals surface area (Å²) in [6, 6.07) is 0.0729. The summed E-state index contributed by atoms with van der Waals surface area (Å²) in [6.07, 6.45) is 1.77. The third-order valence-electron chi connectivity index (χ3n) is 1.37. The Hall–Kier alpha value is -0.810. The summed E-state index contributed by atoms with van der Waals surface area (Å²) < 4.78 is 0. The van der Waals surface area contributed by atoms with Crippen LogP contribution in [0.2, 0.25) is 0 Å². The van der Waals surface area contributed by atoms with E-state index in [9.17, 15) is 0 Å². The van der Waals surface area contributed by atoms with E-state index < -0.39 is 0 Å². The van der Waals surface area contributed by atoms with Crippen molar-refractivity contribution in [1.82, 2.24) is 5.32 Å². The fraction of sp³-hybridized carbons (Fsp3) is 0.833. The SMILES string of the molecule is N=C(N)NCCC[C@@H](N)CN. The van der Waals surface area contributed by atoms with E-state index in [2.05, 4.69) is 5.32 Å². The maximum absolute atomic E-state index is 6.84. The molecule has 0 aliphatic heterocycles. The monoisotopic (exact) mass is 159 g/mol. The predicted molar refractivity (Wildman–Crippen MR) is 46.2 cm³/mol. The minimum absolute atomic E-state index is 0.00585. The van der Waals surface area contributed by atoms with Gasteiger partial charge in [0.15, 0.2) is 5.96 Å². The molecule has 1 atom stereocenters. The Morgan fingerprint density at radius 2 is 2.18 bits per heavy atom. The second kappa shape index (κ2) is 5.94. The van der Waals surface area contributed by atoms with Crippen molar-refractivity contribution in [1.29, 1.82) is 5.41 Å². The molecule has 0 aliphatic carbocycles. The van der Waals surface area contributed by atoms with Crippen LogP contribution in [-0.4, -0.2) is 25.1 Å². The molecule has 5 heteroatoms. The van der Waals surface area contributed by atoms with Gasteiger partial charge in [0.25, 0.3) is 0 Å². The molecule has 0 rings (SSSR count). The lowest BCUT2D eigenvalue weighted by Gasteiger charge is -2.08. The van der Waals surface area contributed by atoms with Gasteiger partial charge in [0.1, 0.15) is 0 Å². The number of rotatable bonds is 5. The Labute approximate surface area is 66.8 Å². The van der Waals surface area contributed by atoms with Crippen LogP contribution in [0.4, 0.5) is 0 Å². The van der Waals surface area contributed by atoms with Crippen LogP contribution in [0.5, 0.6) is 0 Å². The highest BCUT2D eigenvalue weighted by molar-refractivity contribution is 5.74. The van der Waals surface area contributed by atoms with Crippen LogP contribution in [0.25, 0.3) is 0 Å². The second-order valence-corrected chi connectivity index (χ2v) is 2.48. The molecule has 0 amide bonds. The van der Waals surface area contributed by atoms with Gasteiger partial charge in [-0.3, -0.25) is 5.41 Å². The summed E-state index contributed by atoms with van der Waals surface area (Å²) in [4.78, 5) is 0. The van der Waals surface area contributed by atoms with Gasteiger partial charge in [0.2, 0.25) is 0 Å². The average molecular weight is 159 g/mol. The van der Waals surface area contributed by atoms with Crippen molar-refractivity contribution in [2.24, 2.45) is 17.2 Å². The first-order chi connectivity index (χ1) is 5.16. The van der Waals surface area contributed by atoms with E-state index in [4.69, 9.17) is 22.6 Å². The van der Waals surface area contributed by atoms with Gasteiger partial charge in [0, 0.05) is 19.1 Å². The Bertz CT molecular complexity index is 114. The van der Waals surface area contributed by atoms with Gasteiger partial charge in [-0.2, -0.15) is 0 Å². The average Bonchev–Trinajstić information content (AvgIpc) is 1.97. The molecule has 0 unspecified atom stereocenters. The fourth-order valence-corrected chi connectivity index (χ4v) is 0.705. The summed E-state index contributed by atoms with van der Waals surface area (Å²) in [6.45, 7) is 1.21. The first-order valence-corrected chi connectivity index (χ1v) is 3.70. The number of nitrogens with one attached hydrogen (secondary N) is 2. The smallest absolute Gasteiger partial charge is 0.185 e. The predicted octanol–water partition coefficient (Wildman–Crippen LogP) is -1.46. The van der Waals surface area contributed by atoms with Gasteiger partial charge in [-0.25, -0.2) is 0 Å². The molecule has 5 nitrogen and oxygen atoms in total. The van der Waals surface area contributed by atoms with Crippen molar-refractivity contribution in [3.8, 4) is 0 Å². The third-order valence-corrected chi connectivity index (χ3v) is 1.37. The van der Waals surface area contributed by atoms with Gasteiger partial charge >= 0.3 is 0 Å². The van der Waals surface area contributed by atoms with E-state index >= 15 is 0 Å². The molecule has 0 aliphatic rings. The summed E-state index contributed by atoms with van der Waals surface area (Å²) in [5, 5.41) is 9.53. The van der Waals surface area contributed by atoms with E-state index in [1.165, 1.54) is 0 Å². The Morgan fingerprint density at radius 3 is 2.64 bits per heavy atom. The molecule has 11 heavy (non-hydrogen) atoms. The number of hydrogen-bond donors (Lipinski definition) is 5. The highest BCUT2D eigenvalue weighted by Crippen LogP contribution is 1.89. The molecular formula is C6H17N5. The Balaban J connectivity index is 3.08. The molecule has 0 saturated carbocycles. The first-order valence-electron chi connectivity index (χ1n) is 3.70. The molecule has 0 aromatic rings. The maximum Gasteiger partial charge on any atom is 0.185 e. The molecule has 66 valence electrons. The summed E-state index contributed by atoms with van der Waals surface area (Å²) in [5.41, 5.74) is 15.9. The normalized spacial score (nSPS) is 12.5. The highest BCUT2D eigenvalue weighted by atomic mass is 15.0. The fourth-order valence-electron chi connectivity index (χ4n) is 0.705. The standard InChI is InChI=1S/C6H17N5/c7-4-5(8)2-1-3-11-6(9)10/h5H,1-4,7-8H2,(H4,9,10,11)/t5-/m1/s1. The minimum atomic E-state index is 0.00585. The molecule has 0 bridgehead atoms. The molecule has 0 aromatic carbocycles. The van der Waals surface area contributed by atoms with Crippen molar-refractivity contribution in [2.45, 2.75) is 18.9 Å². The summed E-state index contributed by atoms with van der Waals surface area (Å²) in [7, 11) is 0. The van der Waals surface area contributed by atoms with Crippen molar-refractivity contribution in [2.75, 3.05) is 13.1 Å². The number of guanidine groups is 1. The van der Waals surface area contributed by atoms with Gasteiger partial charge in [-0.1, -0.05) is 0 Å². The zero-order valence-electron chi connectivity index (χ0n) is 6.64. The highest BCUT2D eigenvalue weighted by Gasteiger charge is 1.97. The first kappa shape index (κ1) is 10.2. The molecule has 8 N–H and O–H groups in total. The largest absolute Gasteiger partial charge is 0.370 e. The lowest BCUT2D eigenvalue weighted by atomic mass is 10.2. The van der Waals surface area contributed by atoms with Crippen LogP contribution in [0.3, 0.4) is 0 Å². The Kier molecular flexibility index (Phi) is 5.50. The lowest BCUT2D eigenvalue weighted by molar-refractivity contribution is 0.584. The van der Waals surface area contributed by atoms with Crippen LogP contribution < -0.4 is 22.5 Å². The van der Waals surface area contributed by atoms with Crippen molar-refractivity contribution >= 4 is 5.96 Å². The van der Waals surface area contributed by atoms with Crippen LogP contribution in [0.1, 0.15) is 12.8 Å². The topological polar surface area (TPSA) is 114 Å². The van der Waals surface area contributed by atoms with Gasteiger partial charge in [-0.05, 0) is 12.8 Å². The summed E-state index contributed by atoms with van der Waals surface area (Å²) in [5.74, 6) is 0.00585. The third kappa shape index (κ3) is 7.08. The van der Waals surface area contributed by atoms with E-state index in [0.29, 0.717) is 13.1 Å². The molecule has 0 spiro atoms. The van der Waals surface area contributed by atoms with Crippen molar-refractivity contribution in [3.05, 3.63) is 0 Å². The summed E-state index contributed by atoms with van der Waals surface area (Å²) >= 11 is 0. The van der Waals surface area contributed by atoms with E-state index in [0.717, 1.165) is 12.8 Å². The molecule has 0 radical (unpaired) electrons. The van der Waals surface area contributed by atoms with Crippen LogP contribution >= 0.6 is 0 Å². The molecule has 0 saturated heterocycles. The van der Waals surface area contributed by atoms with Gasteiger partial charge in [0.05, 0.1) is 0 Å². The molecule has 0 aromatic heterocycles. The zero-order chi connectivity index (χ0) is 8.69. The van der Waals surface area contributed by atoms with E-state index in [1.54, 1.807) is 0 Å². The van der Waals surface area contributed by atoms with Crippen LogP contribution in [0.15, 0.2) is 0 Å². The Morgan fingerprint density at radius 1 is 1.55 bits per heavy atom. The maximum atomic E-state index is 6.84. The quantitative estimate of drug-likeness (QED) is 0.191. The molecule has 0 heterocycles. The zero-order valence-corrected chi connectivity index (χ0v) is 6.64. The van der Waals surface area contributed by atoms with Crippen LogP contribution in [0, 0.1) is 5.41 Å². The van der Waals surface area contributed by atoms with Crippen molar-refractivity contribution < 1.29 is 0 Å². The van der Waals surface area contributed by atoms with Crippen LogP contribution in [-0.2, 0) is 0 Å².